The molecule has 0 bridgehead atoms. The van der Waals surface area contributed by atoms with Gasteiger partial charge in [-0.2, -0.15) is 0 Å². The van der Waals surface area contributed by atoms with Crippen LogP contribution in [0.3, 0.4) is 0 Å². The molecule has 0 radical (unpaired) electrons. The Hall–Kier alpha value is -2.81. The molecule has 27 heavy (non-hydrogen) atoms. The molecule has 1 aromatic carbocycles. The number of aromatic nitrogens is 1. The maximum atomic E-state index is 15.1. The fourth-order valence-corrected chi connectivity index (χ4v) is 4.17. The van der Waals surface area contributed by atoms with Crippen molar-refractivity contribution >= 4 is 22.7 Å². The number of H-pyrrole nitrogens is 1. The highest BCUT2D eigenvalue weighted by molar-refractivity contribution is 6.07. The SMILES string of the molecule is CC#CC(=O)N[C@H]1CCC[C@@H](c2c(F)cc(C(N)=O)c3[nH]c(C)c(C)c23)C1. The Morgan fingerprint density at radius 2 is 2.07 bits per heavy atom. The number of aryl methyl sites for hydroxylation is 2. The van der Waals surface area contributed by atoms with Crippen LogP contribution in [0, 0.1) is 31.5 Å². The highest BCUT2D eigenvalue weighted by Crippen LogP contribution is 2.40. The van der Waals surface area contributed by atoms with Crippen LogP contribution in [0.4, 0.5) is 4.39 Å². The van der Waals surface area contributed by atoms with Crippen LogP contribution in [0.2, 0.25) is 0 Å². The van der Waals surface area contributed by atoms with Crippen LogP contribution in [0.15, 0.2) is 6.07 Å². The third kappa shape index (κ3) is 3.55. The first kappa shape index (κ1) is 19.0. The topological polar surface area (TPSA) is 88.0 Å². The first-order chi connectivity index (χ1) is 12.8. The summed E-state index contributed by atoms with van der Waals surface area (Å²) in [6, 6.07) is 1.20. The van der Waals surface area contributed by atoms with Gasteiger partial charge >= 0.3 is 0 Å². The molecule has 1 heterocycles. The number of primary amides is 1. The van der Waals surface area contributed by atoms with Crippen LogP contribution in [-0.2, 0) is 4.79 Å². The Kier molecular flexibility index (Phi) is 5.22. The van der Waals surface area contributed by atoms with E-state index in [4.69, 9.17) is 5.73 Å². The molecule has 1 saturated carbocycles. The quantitative estimate of drug-likeness (QED) is 0.726. The third-order valence-corrected chi connectivity index (χ3v) is 5.49. The van der Waals surface area contributed by atoms with Gasteiger partial charge in [-0.3, -0.25) is 9.59 Å². The number of hydrogen-bond acceptors (Lipinski definition) is 2. The lowest BCUT2D eigenvalue weighted by Crippen LogP contribution is -2.37. The number of aromatic amines is 1. The lowest BCUT2D eigenvalue weighted by molar-refractivity contribution is -0.116. The molecular weight excluding hydrogens is 345 g/mol. The van der Waals surface area contributed by atoms with Gasteiger partial charge in [0.25, 0.3) is 11.8 Å². The van der Waals surface area contributed by atoms with Gasteiger partial charge in [-0.05, 0) is 63.5 Å². The van der Waals surface area contributed by atoms with E-state index in [1.165, 1.54) is 6.07 Å². The second kappa shape index (κ2) is 7.43. The molecule has 3 rings (SSSR count). The molecule has 2 aromatic rings. The molecular formula is C21H24FN3O2. The van der Waals surface area contributed by atoms with E-state index in [1.807, 2.05) is 13.8 Å². The smallest absolute Gasteiger partial charge is 0.296 e. The molecule has 6 heteroatoms. The molecule has 142 valence electrons. The van der Waals surface area contributed by atoms with E-state index in [2.05, 4.69) is 22.1 Å². The van der Waals surface area contributed by atoms with E-state index in [0.29, 0.717) is 17.5 Å². The minimum Gasteiger partial charge on any atom is -0.366 e. The van der Waals surface area contributed by atoms with Crippen LogP contribution >= 0.6 is 0 Å². The number of carbonyl (C=O) groups excluding carboxylic acids is 2. The lowest BCUT2D eigenvalue weighted by atomic mass is 9.79. The highest BCUT2D eigenvalue weighted by Gasteiger charge is 2.30. The average molecular weight is 369 g/mol. The number of hydrogen-bond donors (Lipinski definition) is 3. The number of rotatable bonds is 3. The Bertz CT molecular complexity index is 981. The maximum Gasteiger partial charge on any atom is 0.296 e. The van der Waals surface area contributed by atoms with E-state index >= 15 is 4.39 Å². The normalized spacial score (nSPS) is 19.4. The van der Waals surface area contributed by atoms with Gasteiger partial charge in [0.2, 0.25) is 0 Å². The Labute approximate surface area is 157 Å². The van der Waals surface area contributed by atoms with Crippen LogP contribution in [0.25, 0.3) is 10.9 Å². The summed E-state index contributed by atoms with van der Waals surface area (Å²) in [5, 5.41) is 3.66. The van der Waals surface area contributed by atoms with Gasteiger partial charge in [-0.15, -0.1) is 0 Å². The largest absolute Gasteiger partial charge is 0.366 e. The van der Waals surface area contributed by atoms with Crippen molar-refractivity contribution in [3.8, 4) is 11.8 Å². The molecule has 1 aromatic heterocycles. The number of fused-ring (bicyclic) bond motifs is 1. The van der Waals surface area contributed by atoms with E-state index in [1.54, 1.807) is 6.92 Å². The van der Waals surface area contributed by atoms with Crippen molar-refractivity contribution in [2.75, 3.05) is 0 Å². The van der Waals surface area contributed by atoms with Crippen molar-refractivity contribution in [2.45, 2.75) is 58.4 Å². The summed E-state index contributed by atoms with van der Waals surface area (Å²) in [7, 11) is 0. The average Bonchev–Trinajstić information content (AvgIpc) is 2.90. The van der Waals surface area contributed by atoms with Crippen LogP contribution in [-0.4, -0.2) is 22.8 Å². The number of amides is 2. The Morgan fingerprint density at radius 3 is 2.74 bits per heavy atom. The van der Waals surface area contributed by atoms with Crippen molar-refractivity contribution < 1.29 is 14.0 Å². The number of halogens is 1. The van der Waals surface area contributed by atoms with Crippen molar-refractivity contribution in [3.05, 3.63) is 34.3 Å². The molecule has 2 amide bonds. The zero-order chi connectivity index (χ0) is 19.7. The Morgan fingerprint density at radius 1 is 1.33 bits per heavy atom. The summed E-state index contributed by atoms with van der Waals surface area (Å²) in [6.07, 6.45) is 3.21. The van der Waals surface area contributed by atoms with Gasteiger partial charge in [-0.1, -0.05) is 12.3 Å². The highest BCUT2D eigenvalue weighted by atomic mass is 19.1. The molecule has 1 aliphatic rings. The zero-order valence-corrected chi connectivity index (χ0v) is 15.8. The van der Waals surface area contributed by atoms with Crippen molar-refractivity contribution in [3.63, 3.8) is 0 Å². The number of benzene rings is 1. The molecule has 1 aliphatic carbocycles. The van der Waals surface area contributed by atoms with Crippen LogP contribution in [0.5, 0.6) is 0 Å². The molecule has 0 aliphatic heterocycles. The lowest BCUT2D eigenvalue weighted by Gasteiger charge is -2.30. The number of carbonyl (C=O) groups is 2. The van der Waals surface area contributed by atoms with E-state index in [9.17, 15) is 9.59 Å². The number of nitrogens with two attached hydrogens (primary N) is 1. The second-order valence-corrected chi connectivity index (χ2v) is 7.22. The predicted octanol–water partition coefficient (Wildman–Crippen LogP) is 3.19. The predicted molar refractivity (Wildman–Crippen MR) is 103 cm³/mol. The van der Waals surface area contributed by atoms with E-state index in [-0.39, 0.29) is 23.4 Å². The monoisotopic (exact) mass is 369 g/mol. The fourth-order valence-electron chi connectivity index (χ4n) is 4.17. The van der Waals surface area contributed by atoms with Crippen molar-refractivity contribution in [1.29, 1.82) is 0 Å². The molecule has 0 unspecified atom stereocenters. The minimum absolute atomic E-state index is 0.0392. The zero-order valence-electron chi connectivity index (χ0n) is 15.8. The van der Waals surface area contributed by atoms with Crippen molar-refractivity contribution in [2.24, 2.45) is 5.73 Å². The molecule has 0 spiro atoms. The van der Waals surface area contributed by atoms with E-state index in [0.717, 1.165) is 35.9 Å². The minimum atomic E-state index is -0.654. The fraction of sp³-hybridized carbons (Fsp3) is 0.429. The van der Waals surface area contributed by atoms with Gasteiger partial charge in [0.05, 0.1) is 11.1 Å². The second-order valence-electron chi connectivity index (χ2n) is 7.22. The first-order valence-corrected chi connectivity index (χ1v) is 9.17. The third-order valence-electron chi connectivity index (χ3n) is 5.49. The van der Waals surface area contributed by atoms with Crippen LogP contribution in [0.1, 0.15) is 65.7 Å². The summed E-state index contributed by atoms with van der Waals surface area (Å²) < 4.78 is 15.1. The van der Waals surface area contributed by atoms with Gasteiger partial charge in [0, 0.05) is 22.7 Å². The van der Waals surface area contributed by atoms with Crippen molar-refractivity contribution in [1.82, 2.24) is 10.3 Å². The summed E-state index contributed by atoms with van der Waals surface area (Å²) in [6.45, 7) is 5.43. The van der Waals surface area contributed by atoms with Gasteiger partial charge in [0.1, 0.15) is 5.82 Å². The standard InChI is InChI=1S/C21H24FN3O2/c1-4-6-17(26)25-14-8-5-7-13(9-14)19-16(22)10-15(21(23)27)20-18(19)11(2)12(3)24-20/h10,13-14,24H,5,7-9H2,1-3H3,(H2,23,27)(H,25,26)/t13-,14+/m1/s1. The van der Waals surface area contributed by atoms with Gasteiger partial charge in [0.15, 0.2) is 0 Å². The van der Waals surface area contributed by atoms with Crippen LogP contribution < -0.4 is 11.1 Å². The molecule has 4 N–H and O–H groups in total. The summed E-state index contributed by atoms with van der Waals surface area (Å²) in [5.74, 6) is 3.67. The summed E-state index contributed by atoms with van der Waals surface area (Å²) >= 11 is 0. The number of nitrogens with one attached hydrogen (secondary N) is 2. The van der Waals surface area contributed by atoms with Gasteiger partial charge < -0.3 is 16.0 Å². The molecule has 5 nitrogen and oxygen atoms in total. The maximum absolute atomic E-state index is 15.1. The first-order valence-electron chi connectivity index (χ1n) is 9.17. The Balaban J connectivity index is 2.04. The van der Waals surface area contributed by atoms with E-state index < -0.39 is 11.7 Å². The molecule has 1 fully saturated rings. The summed E-state index contributed by atoms with van der Waals surface area (Å²) in [5.41, 5.74) is 8.64. The van der Waals surface area contributed by atoms with Gasteiger partial charge in [-0.25, -0.2) is 4.39 Å². The summed E-state index contributed by atoms with van der Waals surface area (Å²) in [4.78, 5) is 26.8. The molecule has 0 saturated heterocycles. The molecule has 2 atom stereocenters.